The normalized spacial score (nSPS) is 11.7. The van der Waals surface area contributed by atoms with E-state index in [9.17, 15) is 32.1 Å². The third-order valence-corrected chi connectivity index (χ3v) is 1.78. The summed E-state index contributed by atoms with van der Waals surface area (Å²) in [6.07, 6.45) is -9.18. The van der Waals surface area contributed by atoms with Gasteiger partial charge in [0.05, 0.1) is 11.0 Å². The number of rotatable bonds is 4. The van der Waals surface area contributed by atoms with E-state index >= 15 is 0 Å². The second-order valence-electron chi connectivity index (χ2n) is 3.06. The van der Waals surface area contributed by atoms with Crippen molar-refractivity contribution in [3.63, 3.8) is 0 Å². The number of nitro benzene ring substituents is 1. The van der Waals surface area contributed by atoms with Crippen molar-refractivity contribution in [2.24, 2.45) is 0 Å². The molecule has 0 unspecified atom stereocenters. The molecule has 0 radical (unpaired) electrons. The van der Waals surface area contributed by atoms with E-state index in [4.69, 9.17) is 5.73 Å². The molecule has 0 fully saturated rings. The molecular weight excluding hydrogens is 267 g/mol. The minimum Gasteiger partial charge on any atom is -0.425 e. The number of alkyl halides is 4. The summed E-state index contributed by atoms with van der Waals surface area (Å²) in [5.74, 6) is -2.90. The van der Waals surface area contributed by atoms with Gasteiger partial charge in [-0.05, 0) is 0 Å². The fourth-order valence-electron chi connectivity index (χ4n) is 0.986. The van der Waals surface area contributed by atoms with Crippen LogP contribution in [0.3, 0.4) is 0 Å². The molecule has 0 bridgehead atoms. The van der Waals surface area contributed by atoms with E-state index < -0.39 is 40.4 Å². The molecule has 0 saturated carbocycles. The number of hydrogen-bond acceptors (Lipinski definition) is 4. The van der Waals surface area contributed by atoms with Gasteiger partial charge in [-0.3, -0.25) is 10.1 Å². The Kier molecular flexibility index (Phi) is 3.58. The van der Waals surface area contributed by atoms with Crippen molar-refractivity contribution < 1.29 is 31.6 Å². The average Bonchev–Trinajstić information content (AvgIpc) is 2.21. The van der Waals surface area contributed by atoms with E-state index in [-0.39, 0.29) is 6.07 Å². The summed E-state index contributed by atoms with van der Waals surface area (Å²) < 4.78 is 65.1. The van der Waals surface area contributed by atoms with Crippen molar-refractivity contribution in [1.82, 2.24) is 0 Å². The summed E-state index contributed by atoms with van der Waals surface area (Å²) in [5, 5.41) is 10.4. The quantitative estimate of drug-likeness (QED) is 0.395. The van der Waals surface area contributed by atoms with Gasteiger partial charge >= 0.3 is 12.5 Å². The first kappa shape index (κ1) is 13.9. The SMILES string of the molecule is Nc1cc(F)c(OC(F)(F)C(F)F)cc1[N+](=O)[O-]. The summed E-state index contributed by atoms with van der Waals surface area (Å²) in [6.45, 7) is 0. The van der Waals surface area contributed by atoms with Crippen molar-refractivity contribution in [3.05, 3.63) is 28.1 Å². The molecule has 0 aliphatic heterocycles. The molecule has 18 heavy (non-hydrogen) atoms. The Morgan fingerprint density at radius 1 is 1.39 bits per heavy atom. The minimum atomic E-state index is -4.97. The van der Waals surface area contributed by atoms with Gasteiger partial charge in [0.15, 0.2) is 11.6 Å². The maximum Gasteiger partial charge on any atom is 0.461 e. The third kappa shape index (κ3) is 2.76. The first-order chi connectivity index (χ1) is 8.15. The van der Waals surface area contributed by atoms with Crippen molar-refractivity contribution in [3.8, 4) is 5.75 Å². The number of hydrogen-bond donors (Lipinski definition) is 1. The second-order valence-corrected chi connectivity index (χ2v) is 3.06. The molecule has 0 saturated heterocycles. The van der Waals surface area contributed by atoms with Crippen LogP contribution >= 0.6 is 0 Å². The fourth-order valence-corrected chi connectivity index (χ4v) is 0.986. The maximum absolute atomic E-state index is 13.1. The summed E-state index contributed by atoms with van der Waals surface area (Å²) in [4.78, 5) is 9.30. The van der Waals surface area contributed by atoms with Gasteiger partial charge in [-0.2, -0.15) is 17.6 Å². The van der Waals surface area contributed by atoms with Gasteiger partial charge in [0.25, 0.3) is 5.69 Å². The van der Waals surface area contributed by atoms with Crippen molar-refractivity contribution in [1.29, 1.82) is 0 Å². The highest BCUT2D eigenvalue weighted by Gasteiger charge is 2.44. The highest BCUT2D eigenvalue weighted by Crippen LogP contribution is 2.34. The van der Waals surface area contributed by atoms with Gasteiger partial charge in [0, 0.05) is 6.07 Å². The molecule has 0 aliphatic carbocycles. The largest absolute Gasteiger partial charge is 0.461 e. The van der Waals surface area contributed by atoms with E-state index in [1.165, 1.54) is 0 Å². The van der Waals surface area contributed by atoms with Gasteiger partial charge < -0.3 is 10.5 Å². The second kappa shape index (κ2) is 4.63. The molecule has 0 heterocycles. The Morgan fingerprint density at radius 2 is 1.94 bits per heavy atom. The molecule has 10 heteroatoms. The van der Waals surface area contributed by atoms with Crippen LogP contribution in [0.1, 0.15) is 0 Å². The molecular formula is C8H5F5N2O3. The Hall–Kier alpha value is -2.13. The predicted molar refractivity (Wildman–Crippen MR) is 49.0 cm³/mol. The molecule has 100 valence electrons. The number of nitrogen functional groups attached to an aromatic ring is 1. The molecule has 0 aromatic heterocycles. The van der Waals surface area contributed by atoms with Crippen LogP contribution in [0.15, 0.2) is 12.1 Å². The van der Waals surface area contributed by atoms with Crippen LogP contribution in [-0.4, -0.2) is 17.5 Å². The van der Waals surface area contributed by atoms with E-state index in [1.54, 1.807) is 0 Å². The van der Waals surface area contributed by atoms with Crippen LogP contribution in [0.25, 0.3) is 0 Å². The smallest absolute Gasteiger partial charge is 0.425 e. The molecule has 5 nitrogen and oxygen atoms in total. The standard InChI is InChI=1S/C8H5F5N2O3/c9-3-1-4(14)5(15(16)17)2-6(3)18-8(12,13)7(10)11/h1-2,7H,14H2. The van der Waals surface area contributed by atoms with Gasteiger partial charge in [-0.25, -0.2) is 4.39 Å². The summed E-state index contributed by atoms with van der Waals surface area (Å²) in [7, 11) is 0. The molecule has 1 rings (SSSR count). The lowest BCUT2D eigenvalue weighted by atomic mass is 10.2. The van der Waals surface area contributed by atoms with Gasteiger partial charge in [0.1, 0.15) is 5.69 Å². The Morgan fingerprint density at radius 3 is 2.39 bits per heavy atom. The Labute approximate surface area is 96.1 Å². The van der Waals surface area contributed by atoms with E-state index in [0.29, 0.717) is 6.07 Å². The summed E-state index contributed by atoms with van der Waals surface area (Å²) in [6, 6.07) is 0.538. The van der Waals surface area contributed by atoms with E-state index in [1.807, 2.05) is 0 Å². The zero-order valence-corrected chi connectivity index (χ0v) is 8.37. The summed E-state index contributed by atoms with van der Waals surface area (Å²) in [5.41, 5.74) is 3.46. The maximum atomic E-state index is 13.1. The minimum absolute atomic E-state index is 0.209. The van der Waals surface area contributed by atoms with Gasteiger partial charge in [-0.1, -0.05) is 0 Å². The van der Waals surface area contributed by atoms with Crippen LogP contribution in [0.2, 0.25) is 0 Å². The lowest BCUT2D eigenvalue weighted by molar-refractivity contribution is -0.384. The monoisotopic (exact) mass is 272 g/mol. The van der Waals surface area contributed by atoms with Crippen molar-refractivity contribution in [2.45, 2.75) is 12.5 Å². The molecule has 1 aromatic carbocycles. The number of anilines is 1. The first-order valence-corrected chi connectivity index (χ1v) is 4.23. The number of halogens is 5. The van der Waals surface area contributed by atoms with Crippen LogP contribution in [-0.2, 0) is 0 Å². The number of nitrogens with zero attached hydrogens (tertiary/aromatic N) is 1. The van der Waals surface area contributed by atoms with Gasteiger partial charge in [0.2, 0.25) is 0 Å². The van der Waals surface area contributed by atoms with E-state index in [0.717, 1.165) is 0 Å². The topological polar surface area (TPSA) is 78.4 Å². The van der Waals surface area contributed by atoms with E-state index in [2.05, 4.69) is 4.74 Å². The lowest BCUT2D eigenvalue weighted by Gasteiger charge is -2.17. The fraction of sp³-hybridized carbons (Fsp3) is 0.250. The highest BCUT2D eigenvalue weighted by molar-refractivity contribution is 5.61. The molecule has 0 atom stereocenters. The third-order valence-electron chi connectivity index (χ3n) is 1.78. The summed E-state index contributed by atoms with van der Waals surface area (Å²) >= 11 is 0. The molecule has 2 N–H and O–H groups in total. The number of nitrogens with two attached hydrogens (primary N) is 1. The number of nitro groups is 1. The van der Waals surface area contributed by atoms with Crippen LogP contribution in [0.4, 0.5) is 33.3 Å². The van der Waals surface area contributed by atoms with Crippen molar-refractivity contribution >= 4 is 11.4 Å². The molecule has 0 aliphatic rings. The number of ether oxygens (including phenoxy) is 1. The molecule has 0 spiro atoms. The van der Waals surface area contributed by atoms with Crippen molar-refractivity contribution in [2.75, 3.05) is 5.73 Å². The van der Waals surface area contributed by atoms with Crippen LogP contribution in [0, 0.1) is 15.9 Å². The zero-order chi connectivity index (χ0) is 14.1. The number of benzene rings is 1. The van der Waals surface area contributed by atoms with Crippen LogP contribution in [0.5, 0.6) is 5.75 Å². The Balaban J connectivity index is 3.18. The molecule has 0 amide bonds. The first-order valence-electron chi connectivity index (χ1n) is 4.23. The zero-order valence-electron chi connectivity index (χ0n) is 8.37. The molecule has 1 aromatic rings. The van der Waals surface area contributed by atoms with Crippen LogP contribution < -0.4 is 10.5 Å². The Bertz CT molecular complexity index is 480. The highest BCUT2D eigenvalue weighted by atomic mass is 19.3. The average molecular weight is 272 g/mol. The van der Waals surface area contributed by atoms with Gasteiger partial charge in [-0.15, -0.1) is 0 Å². The lowest BCUT2D eigenvalue weighted by Crippen LogP contribution is -2.33. The predicted octanol–water partition coefficient (Wildman–Crippen LogP) is 2.55.